The molecule has 0 aliphatic heterocycles. The van der Waals surface area contributed by atoms with Gasteiger partial charge in [-0.3, -0.25) is 0 Å². The predicted molar refractivity (Wildman–Crippen MR) is 67.9 cm³/mol. The van der Waals surface area contributed by atoms with Gasteiger partial charge in [-0.1, -0.05) is 6.92 Å². The molecule has 2 N–H and O–H groups in total. The second kappa shape index (κ2) is 6.88. The molecule has 0 saturated heterocycles. The van der Waals surface area contributed by atoms with Crippen molar-refractivity contribution in [2.24, 2.45) is 5.73 Å². The first-order valence-electron chi connectivity index (χ1n) is 5.10. The molecule has 0 aliphatic rings. The summed E-state index contributed by atoms with van der Waals surface area (Å²) < 4.78 is 4.87. The lowest BCUT2D eigenvalue weighted by Gasteiger charge is -2.05. The topological polar surface area (TPSA) is 65.2 Å². The molecule has 0 bridgehead atoms. The molecule has 1 aromatic rings. The van der Waals surface area contributed by atoms with Crippen molar-refractivity contribution in [3.05, 3.63) is 16.1 Å². The van der Waals surface area contributed by atoms with Crippen LogP contribution < -0.4 is 5.73 Å². The molecule has 1 unspecified atom stereocenters. The first-order chi connectivity index (χ1) is 7.67. The molecule has 6 heteroatoms. The standard InChI is InChI=1S/C10H16N2O2S2/c1-3-14-10(13)9-12-8(6-16-9)5-15-7(2)4-11/h6-7H,3-5,11H2,1-2H3. The third-order valence-corrected chi connectivity index (χ3v) is 3.94. The van der Waals surface area contributed by atoms with Gasteiger partial charge in [-0.2, -0.15) is 11.8 Å². The summed E-state index contributed by atoms with van der Waals surface area (Å²) >= 11 is 3.06. The van der Waals surface area contributed by atoms with Crippen molar-refractivity contribution in [3.63, 3.8) is 0 Å². The molecule has 1 rings (SSSR count). The van der Waals surface area contributed by atoms with E-state index >= 15 is 0 Å². The van der Waals surface area contributed by atoms with E-state index in [1.165, 1.54) is 11.3 Å². The first-order valence-corrected chi connectivity index (χ1v) is 7.03. The molecule has 0 saturated carbocycles. The molecular formula is C10H16N2O2S2. The third kappa shape index (κ3) is 4.11. The number of nitrogens with two attached hydrogens (primary N) is 1. The minimum atomic E-state index is -0.337. The van der Waals surface area contributed by atoms with Gasteiger partial charge in [0.25, 0.3) is 0 Å². The van der Waals surface area contributed by atoms with Gasteiger partial charge in [-0.05, 0) is 6.92 Å². The van der Waals surface area contributed by atoms with Gasteiger partial charge < -0.3 is 10.5 Å². The SMILES string of the molecule is CCOC(=O)c1nc(CSC(C)CN)cs1. The fourth-order valence-electron chi connectivity index (χ4n) is 0.956. The number of nitrogens with zero attached hydrogens (tertiary/aromatic N) is 1. The Morgan fingerprint density at radius 1 is 1.75 bits per heavy atom. The molecular weight excluding hydrogens is 244 g/mol. The number of aromatic nitrogens is 1. The molecule has 1 heterocycles. The van der Waals surface area contributed by atoms with E-state index in [4.69, 9.17) is 10.5 Å². The lowest BCUT2D eigenvalue weighted by Crippen LogP contribution is -2.12. The fourth-order valence-corrected chi connectivity index (χ4v) is 2.51. The lowest BCUT2D eigenvalue weighted by molar-refractivity contribution is 0.0525. The number of hydrogen-bond acceptors (Lipinski definition) is 6. The number of thioether (sulfide) groups is 1. The summed E-state index contributed by atoms with van der Waals surface area (Å²) in [6.07, 6.45) is 0. The summed E-state index contributed by atoms with van der Waals surface area (Å²) in [6, 6.07) is 0. The Kier molecular flexibility index (Phi) is 5.79. The van der Waals surface area contributed by atoms with Crippen LogP contribution in [0.15, 0.2) is 5.38 Å². The monoisotopic (exact) mass is 260 g/mol. The average Bonchev–Trinajstić information content (AvgIpc) is 2.75. The van der Waals surface area contributed by atoms with Crippen molar-refractivity contribution < 1.29 is 9.53 Å². The van der Waals surface area contributed by atoms with E-state index in [-0.39, 0.29) is 5.97 Å². The molecule has 0 amide bonds. The van der Waals surface area contributed by atoms with Crippen LogP contribution in [0.3, 0.4) is 0 Å². The van der Waals surface area contributed by atoms with Crippen LogP contribution in [-0.4, -0.2) is 29.4 Å². The highest BCUT2D eigenvalue weighted by Crippen LogP contribution is 2.19. The molecule has 0 aliphatic carbocycles. The Morgan fingerprint density at radius 2 is 2.50 bits per heavy atom. The molecule has 0 aromatic carbocycles. The maximum absolute atomic E-state index is 11.4. The van der Waals surface area contributed by atoms with E-state index in [0.717, 1.165) is 11.4 Å². The summed E-state index contributed by atoms with van der Waals surface area (Å²) in [5.41, 5.74) is 6.43. The zero-order chi connectivity index (χ0) is 12.0. The van der Waals surface area contributed by atoms with Crippen molar-refractivity contribution >= 4 is 29.1 Å². The number of esters is 1. The third-order valence-electron chi connectivity index (χ3n) is 1.85. The summed E-state index contributed by atoms with van der Waals surface area (Å²) in [5, 5.41) is 2.73. The normalized spacial score (nSPS) is 12.4. The number of carbonyl (C=O) groups is 1. The van der Waals surface area contributed by atoms with E-state index in [2.05, 4.69) is 11.9 Å². The van der Waals surface area contributed by atoms with Gasteiger partial charge in [-0.25, -0.2) is 9.78 Å². The summed E-state index contributed by atoms with van der Waals surface area (Å²) in [4.78, 5) is 15.6. The molecule has 0 radical (unpaired) electrons. The second-order valence-electron chi connectivity index (χ2n) is 3.22. The van der Waals surface area contributed by atoms with E-state index < -0.39 is 0 Å². The van der Waals surface area contributed by atoms with Gasteiger partial charge >= 0.3 is 5.97 Å². The number of hydrogen-bond donors (Lipinski definition) is 1. The summed E-state index contributed by atoms with van der Waals surface area (Å²) in [5.74, 6) is 0.449. The van der Waals surface area contributed by atoms with Gasteiger partial charge in [0.1, 0.15) is 0 Å². The van der Waals surface area contributed by atoms with E-state index in [1.807, 2.05) is 5.38 Å². The van der Waals surface area contributed by atoms with Gasteiger partial charge in [0.2, 0.25) is 5.01 Å². The summed E-state index contributed by atoms with van der Waals surface area (Å²) in [6.45, 7) is 4.89. The molecule has 4 nitrogen and oxygen atoms in total. The Bertz CT molecular complexity index is 341. The van der Waals surface area contributed by atoms with Crippen LogP contribution in [0, 0.1) is 0 Å². The maximum Gasteiger partial charge on any atom is 0.367 e. The molecule has 1 aromatic heterocycles. The highest BCUT2D eigenvalue weighted by Gasteiger charge is 2.12. The Balaban J connectivity index is 2.48. The average molecular weight is 260 g/mol. The van der Waals surface area contributed by atoms with E-state index in [1.54, 1.807) is 18.7 Å². The first kappa shape index (κ1) is 13.5. The van der Waals surface area contributed by atoms with Crippen LogP contribution >= 0.6 is 23.1 Å². The zero-order valence-corrected chi connectivity index (χ0v) is 11.1. The number of rotatable bonds is 6. The van der Waals surface area contributed by atoms with Crippen LogP contribution in [0.25, 0.3) is 0 Å². The van der Waals surface area contributed by atoms with E-state index in [9.17, 15) is 4.79 Å². The highest BCUT2D eigenvalue weighted by molar-refractivity contribution is 7.99. The minimum Gasteiger partial charge on any atom is -0.461 e. The van der Waals surface area contributed by atoms with Gasteiger partial charge in [0.05, 0.1) is 12.3 Å². The minimum absolute atomic E-state index is 0.337. The molecule has 0 fully saturated rings. The molecule has 1 atom stereocenters. The zero-order valence-electron chi connectivity index (χ0n) is 9.43. The molecule has 16 heavy (non-hydrogen) atoms. The fraction of sp³-hybridized carbons (Fsp3) is 0.600. The van der Waals surface area contributed by atoms with Crippen LogP contribution in [0.5, 0.6) is 0 Å². The number of carbonyl (C=O) groups excluding carboxylic acids is 1. The number of thiazole rings is 1. The summed E-state index contributed by atoms with van der Waals surface area (Å²) in [7, 11) is 0. The smallest absolute Gasteiger partial charge is 0.367 e. The maximum atomic E-state index is 11.4. The van der Waals surface area contributed by atoms with Crippen LogP contribution in [-0.2, 0) is 10.5 Å². The van der Waals surface area contributed by atoms with Crippen molar-refractivity contribution in [2.75, 3.05) is 13.2 Å². The number of ether oxygens (including phenoxy) is 1. The van der Waals surface area contributed by atoms with Gasteiger partial charge in [-0.15, -0.1) is 11.3 Å². The van der Waals surface area contributed by atoms with Crippen molar-refractivity contribution in [2.45, 2.75) is 24.9 Å². The van der Waals surface area contributed by atoms with Gasteiger partial charge in [0.15, 0.2) is 0 Å². The van der Waals surface area contributed by atoms with Crippen molar-refractivity contribution in [1.29, 1.82) is 0 Å². The molecule has 0 spiro atoms. The van der Waals surface area contributed by atoms with Crippen molar-refractivity contribution in [3.8, 4) is 0 Å². The Hall–Kier alpha value is -0.590. The van der Waals surface area contributed by atoms with Crippen LogP contribution in [0.4, 0.5) is 0 Å². The van der Waals surface area contributed by atoms with Gasteiger partial charge in [0, 0.05) is 22.9 Å². The lowest BCUT2D eigenvalue weighted by atomic mass is 10.5. The van der Waals surface area contributed by atoms with Crippen molar-refractivity contribution in [1.82, 2.24) is 4.98 Å². The Labute approximate surface area is 104 Å². The largest absolute Gasteiger partial charge is 0.461 e. The van der Waals surface area contributed by atoms with Crippen LogP contribution in [0.1, 0.15) is 29.3 Å². The predicted octanol–water partition coefficient (Wildman–Crippen LogP) is 1.90. The quantitative estimate of drug-likeness (QED) is 0.791. The van der Waals surface area contributed by atoms with Crippen LogP contribution in [0.2, 0.25) is 0 Å². The highest BCUT2D eigenvalue weighted by atomic mass is 32.2. The second-order valence-corrected chi connectivity index (χ2v) is 5.51. The Morgan fingerprint density at radius 3 is 3.12 bits per heavy atom. The van der Waals surface area contributed by atoms with E-state index in [0.29, 0.717) is 23.4 Å². The molecule has 90 valence electrons.